The molecule has 2 aromatic heterocycles. The molecule has 3 aromatic rings. The summed E-state index contributed by atoms with van der Waals surface area (Å²) in [6.45, 7) is 1.81. The fraction of sp³-hybridized carbons (Fsp3) is 0.0667. The number of aromatic nitrogens is 3. The highest BCUT2D eigenvalue weighted by atomic mass is 16.3. The van der Waals surface area contributed by atoms with E-state index in [-0.39, 0.29) is 11.7 Å². The van der Waals surface area contributed by atoms with E-state index in [0.29, 0.717) is 5.71 Å². The second kappa shape index (κ2) is 6.04. The van der Waals surface area contributed by atoms with Crippen molar-refractivity contribution < 1.29 is 9.21 Å². The van der Waals surface area contributed by atoms with Crippen molar-refractivity contribution in [2.24, 2.45) is 5.10 Å². The molecular weight excluding hydrogens is 282 g/mol. The van der Waals surface area contributed by atoms with Gasteiger partial charge in [-0.3, -0.25) is 4.79 Å². The predicted molar refractivity (Wildman–Crippen MR) is 79.7 cm³/mol. The van der Waals surface area contributed by atoms with Gasteiger partial charge in [0.25, 0.3) is 0 Å². The number of carbonyl (C=O) groups is 1. The van der Waals surface area contributed by atoms with Gasteiger partial charge in [-0.05, 0) is 36.8 Å². The van der Waals surface area contributed by atoms with E-state index in [4.69, 9.17) is 4.42 Å². The summed E-state index contributed by atoms with van der Waals surface area (Å²) >= 11 is 0. The molecule has 0 radical (unpaired) electrons. The highest BCUT2D eigenvalue weighted by molar-refractivity contribution is 6.00. The Kier molecular flexibility index (Phi) is 3.78. The van der Waals surface area contributed by atoms with Crippen molar-refractivity contribution in [2.75, 3.05) is 0 Å². The normalized spacial score (nSPS) is 11.4. The van der Waals surface area contributed by atoms with Crippen LogP contribution in [0.15, 0.2) is 64.8 Å². The molecule has 0 fully saturated rings. The van der Waals surface area contributed by atoms with E-state index in [9.17, 15) is 4.79 Å². The second-order valence-corrected chi connectivity index (χ2v) is 4.50. The van der Waals surface area contributed by atoms with Crippen molar-refractivity contribution in [3.63, 3.8) is 0 Å². The maximum Gasteiger partial charge on any atom is 0.307 e. The fourth-order valence-electron chi connectivity index (χ4n) is 1.86. The van der Waals surface area contributed by atoms with Crippen molar-refractivity contribution in [1.29, 1.82) is 0 Å². The minimum atomic E-state index is -0.386. The smallest absolute Gasteiger partial charge is 0.307 e. The molecule has 2 heterocycles. The lowest BCUT2D eigenvalue weighted by Crippen LogP contribution is -2.18. The Balaban J connectivity index is 1.70. The van der Waals surface area contributed by atoms with Crippen molar-refractivity contribution in [2.45, 2.75) is 6.92 Å². The number of nitrogens with zero attached hydrogens (tertiary/aromatic N) is 4. The van der Waals surface area contributed by atoms with Crippen LogP contribution in [-0.4, -0.2) is 26.4 Å². The van der Waals surface area contributed by atoms with Gasteiger partial charge in [-0.15, -0.1) is 0 Å². The minimum absolute atomic E-state index is 0.220. The number of rotatable bonds is 4. The third-order valence-corrected chi connectivity index (χ3v) is 3.04. The van der Waals surface area contributed by atoms with Crippen LogP contribution < -0.4 is 5.43 Å². The van der Waals surface area contributed by atoms with Crippen LogP contribution in [0.4, 0.5) is 0 Å². The number of hydrogen-bond donors (Lipinski definition) is 1. The summed E-state index contributed by atoms with van der Waals surface area (Å²) in [7, 11) is 0. The fourth-order valence-corrected chi connectivity index (χ4v) is 1.86. The van der Waals surface area contributed by atoms with E-state index in [1.807, 2.05) is 31.2 Å². The number of carbonyl (C=O) groups excluding carboxylic acids is 1. The lowest BCUT2D eigenvalue weighted by atomic mass is 10.1. The molecule has 1 aromatic carbocycles. The van der Waals surface area contributed by atoms with Crippen molar-refractivity contribution >= 4 is 11.6 Å². The van der Waals surface area contributed by atoms with Gasteiger partial charge < -0.3 is 4.42 Å². The summed E-state index contributed by atoms with van der Waals surface area (Å²) in [4.78, 5) is 15.6. The molecule has 0 saturated heterocycles. The molecule has 0 spiro atoms. The summed E-state index contributed by atoms with van der Waals surface area (Å²) in [6.07, 6.45) is 4.54. The summed E-state index contributed by atoms with van der Waals surface area (Å²) in [5.74, 6) is -0.165. The first-order valence-corrected chi connectivity index (χ1v) is 6.57. The highest BCUT2D eigenvalue weighted by Gasteiger charge is 2.07. The van der Waals surface area contributed by atoms with Crippen molar-refractivity contribution in [1.82, 2.24) is 20.2 Å². The van der Waals surface area contributed by atoms with E-state index in [2.05, 4.69) is 20.6 Å². The zero-order chi connectivity index (χ0) is 15.4. The van der Waals surface area contributed by atoms with Crippen LogP contribution in [0, 0.1) is 0 Å². The van der Waals surface area contributed by atoms with Crippen LogP contribution in [0.3, 0.4) is 0 Å². The molecule has 7 nitrogen and oxygen atoms in total. The Labute approximate surface area is 126 Å². The Hall–Kier alpha value is -3.22. The third-order valence-electron chi connectivity index (χ3n) is 3.04. The first-order valence-electron chi connectivity index (χ1n) is 6.57. The minimum Gasteiger partial charge on any atom is -0.459 e. The number of benzene rings is 1. The maximum absolute atomic E-state index is 11.7. The number of furan rings is 1. The average molecular weight is 295 g/mol. The topological polar surface area (TPSA) is 85.3 Å². The monoisotopic (exact) mass is 295 g/mol. The number of hydrazone groups is 1. The number of amides is 1. The van der Waals surface area contributed by atoms with Crippen LogP contribution in [0.2, 0.25) is 0 Å². The summed E-state index contributed by atoms with van der Waals surface area (Å²) in [5.41, 5.74) is 4.93. The van der Waals surface area contributed by atoms with Gasteiger partial charge >= 0.3 is 5.91 Å². The van der Waals surface area contributed by atoms with E-state index in [0.717, 1.165) is 11.3 Å². The summed E-state index contributed by atoms with van der Waals surface area (Å²) in [6, 6.07) is 10.8. The molecule has 0 aliphatic rings. The zero-order valence-electron chi connectivity index (χ0n) is 11.8. The van der Waals surface area contributed by atoms with Crippen molar-refractivity contribution in [3.05, 3.63) is 66.6 Å². The molecular formula is C15H13N5O2. The highest BCUT2D eigenvalue weighted by Crippen LogP contribution is 2.09. The SMILES string of the molecule is C/C(=N\NC(=O)c1ccco1)c1ccc(-n2cncn2)cc1. The summed E-state index contributed by atoms with van der Waals surface area (Å²) in [5, 5.41) is 8.12. The van der Waals surface area contributed by atoms with Gasteiger partial charge in [0.2, 0.25) is 0 Å². The Bertz CT molecular complexity index is 774. The second-order valence-electron chi connectivity index (χ2n) is 4.50. The van der Waals surface area contributed by atoms with Gasteiger partial charge in [-0.1, -0.05) is 12.1 Å². The quantitative estimate of drug-likeness (QED) is 0.589. The Morgan fingerprint density at radius 3 is 2.73 bits per heavy atom. The molecule has 3 rings (SSSR count). The van der Waals surface area contributed by atoms with Crippen LogP contribution in [0.5, 0.6) is 0 Å². The van der Waals surface area contributed by atoms with Gasteiger partial charge in [0.15, 0.2) is 5.76 Å². The van der Waals surface area contributed by atoms with Gasteiger partial charge in [0, 0.05) is 0 Å². The third kappa shape index (κ3) is 2.93. The van der Waals surface area contributed by atoms with E-state index in [1.165, 1.54) is 12.6 Å². The van der Waals surface area contributed by atoms with Gasteiger partial charge in [0.1, 0.15) is 12.7 Å². The molecule has 7 heteroatoms. The maximum atomic E-state index is 11.7. The standard InChI is InChI=1S/C15H13N5O2/c1-11(18-19-15(21)14-3-2-8-22-14)12-4-6-13(7-5-12)20-10-16-9-17-20/h2-10H,1H3,(H,19,21)/b18-11+. The molecule has 22 heavy (non-hydrogen) atoms. The molecule has 1 N–H and O–H groups in total. The van der Waals surface area contributed by atoms with Crippen LogP contribution in [0.25, 0.3) is 5.69 Å². The molecule has 0 atom stereocenters. The van der Waals surface area contributed by atoms with E-state index >= 15 is 0 Å². The van der Waals surface area contributed by atoms with E-state index in [1.54, 1.807) is 23.1 Å². The number of hydrogen-bond acceptors (Lipinski definition) is 5. The molecule has 0 saturated carbocycles. The largest absolute Gasteiger partial charge is 0.459 e. The molecule has 0 unspecified atom stereocenters. The van der Waals surface area contributed by atoms with Crippen molar-refractivity contribution in [3.8, 4) is 5.69 Å². The lowest BCUT2D eigenvalue weighted by molar-refractivity contribution is 0.0927. The number of nitrogens with one attached hydrogen (secondary N) is 1. The first kappa shape index (κ1) is 13.7. The van der Waals surface area contributed by atoms with E-state index < -0.39 is 0 Å². The molecule has 0 aliphatic heterocycles. The lowest BCUT2D eigenvalue weighted by Gasteiger charge is -2.04. The van der Waals surface area contributed by atoms with Gasteiger partial charge in [0.05, 0.1) is 17.7 Å². The zero-order valence-corrected chi connectivity index (χ0v) is 11.8. The van der Waals surface area contributed by atoms with Gasteiger partial charge in [-0.25, -0.2) is 15.1 Å². The predicted octanol–water partition coefficient (Wildman–Crippen LogP) is 2.01. The van der Waals surface area contributed by atoms with Gasteiger partial charge in [-0.2, -0.15) is 10.2 Å². The molecule has 0 bridgehead atoms. The molecule has 110 valence electrons. The van der Waals surface area contributed by atoms with Crippen LogP contribution in [-0.2, 0) is 0 Å². The molecule has 0 aliphatic carbocycles. The van der Waals surface area contributed by atoms with Crippen LogP contribution >= 0.6 is 0 Å². The molecule has 1 amide bonds. The summed E-state index contributed by atoms with van der Waals surface area (Å²) < 4.78 is 6.66. The average Bonchev–Trinajstić information content (AvgIpc) is 3.25. The first-order chi connectivity index (χ1) is 10.7. The van der Waals surface area contributed by atoms with Crippen LogP contribution in [0.1, 0.15) is 23.0 Å². The Morgan fingerprint density at radius 1 is 1.27 bits per heavy atom. The Morgan fingerprint density at radius 2 is 2.09 bits per heavy atom.